The van der Waals surface area contributed by atoms with Crippen LogP contribution in [0.25, 0.3) is 11.0 Å². The molecule has 0 unspecified atom stereocenters. The molecule has 12 nitrogen and oxygen atoms in total. The molecule has 4 heterocycles. The van der Waals surface area contributed by atoms with Crippen LogP contribution in [0.15, 0.2) is 89.1 Å². The van der Waals surface area contributed by atoms with Crippen LogP contribution in [0.1, 0.15) is 82.5 Å². The molecule has 15 heteroatoms. The van der Waals surface area contributed by atoms with E-state index in [1.165, 1.54) is 18.1 Å². The molecule has 0 radical (unpaired) electrons. The molecule has 1 saturated carbocycles. The highest BCUT2D eigenvalue weighted by molar-refractivity contribution is 14.2. The van der Waals surface area contributed by atoms with Crippen molar-refractivity contribution in [3.63, 3.8) is 0 Å². The summed E-state index contributed by atoms with van der Waals surface area (Å²) in [7, 11) is -2.14. The largest absolute Gasteiger partial charge is 0.491 e. The number of anilines is 2. The smallest absolute Gasteiger partial charge is 0.268 e. The molecule has 0 bridgehead atoms. The monoisotopic (exact) mass is 1090 g/mol. The van der Waals surface area contributed by atoms with Gasteiger partial charge < -0.3 is 24.3 Å². The Hall–Kier alpha value is -3.39. The summed E-state index contributed by atoms with van der Waals surface area (Å²) in [4.78, 5) is 28.8. The number of halogens is 2. The Bertz CT molecular complexity index is 2450. The second-order valence-corrected chi connectivity index (χ2v) is 24.3. The number of piperazine rings is 1. The quantitative estimate of drug-likeness (QED) is 0.0637. The molecular weight excluding hydrogens is 1030 g/mol. The first-order valence-corrected chi connectivity index (χ1v) is 25.2. The number of hydrogen-bond donors (Lipinski definition) is 2. The molecule has 4 aliphatic rings. The second kappa shape index (κ2) is 18.6. The topological polar surface area (TPSA) is 123 Å². The molecule has 62 heavy (non-hydrogen) atoms. The fraction of sp³-hybridized carbons (Fsp3) is 0.489. The summed E-state index contributed by atoms with van der Waals surface area (Å²) in [5.41, 5.74) is 7.65. The molecule has 3 fully saturated rings. The maximum absolute atomic E-state index is 14.0. The van der Waals surface area contributed by atoms with Gasteiger partial charge in [0.15, 0.2) is 0 Å². The molecule has 2 aliphatic heterocycles. The number of sulfonamides is 1. The molecular formula is C47H59I2N7O5S. The number of rotatable bonds is 16. The average Bonchev–Trinajstić information content (AvgIpc) is 3.69. The summed E-state index contributed by atoms with van der Waals surface area (Å²) in [5, 5.41) is 0.851. The predicted molar refractivity (Wildman–Crippen MR) is 264 cm³/mol. The third kappa shape index (κ3) is 10.4. The Morgan fingerprint density at radius 3 is 2.53 bits per heavy atom. The van der Waals surface area contributed by atoms with Gasteiger partial charge in [0, 0.05) is 69.2 Å². The summed E-state index contributed by atoms with van der Waals surface area (Å²) in [5.74, 6) is 0.956. The van der Waals surface area contributed by atoms with Crippen LogP contribution < -0.4 is 20.4 Å². The minimum atomic E-state index is -4.29. The Morgan fingerprint density at radius 1 is 1.03 bits per heavy atom. The average molecular weight is 1090 g/mol. The first-order chi connectivity index (χ1) is 29.6. The normalized spacial score (nSPS) is 19.3. The van der Waals surface area contributed by atoms with Crippen molar-refractivity contribution >= 4 is 84.1 Å². The lowest BCUT2D eigenvalue weighted by atomic mass is 9.58. The molecule has 332 valence electrons. The lowest BCUT2D eigenvalue weighted by molar-refractivity contribution is -0.0913. The molecule has 2 aliphatic carbocycles. The lowest BCUT2D eigenvalue weighted by Gasteiger charge is -2.58. The fourth-order valence-corrected chi connectivity index (χ4v) is 11.7. The number of amides is 1. The standard InChI is InChI=1S/C47H59I2N7O5S/c1-6-32(2)7-8-35-26-46(3,4)15-13-36(35)28-54-17-19-55(20-18-54)37-9-11-40(43(22-37)61-38-21-34-14-16-50-44(34)51-27-38)45(57)52-62(58,59)39-10-12-42(41(23-39)56(48)49)60-29-33-24-47(25-33)30-53(5)31-47/h9-12,14,16,21-23,27,33H,2,6-8,13,15,17-20,24-26,28-31H2,1,3-5H3,(H,50,51)(H,52,57). The third-order valence-corrected chi connectivity index (χ3v) is 15.7. The van der Waals surface area contributed by atoms with Crippen molar-refractivity contribution in [3.8, 4) is 17.2 Å². The van der Waals surface area contributed by atoms with Gasteiger partial charge in [-0.25, -0.2) is 18.1 Å². The van der Waals surface area contributed by atoms with Crippen molar-refractivity contribution in [2.75, 3.05) is 65.7 Å². The van der Waals surface area contributed by atoms with Crippen LogP contribution in [-0.2, 0) is 10.0 Å². The molecule has 0 atom stereocenters. The van der Waals surface area contributed by atoms with Gasteiger partial charge >= 0.3 is 0 Å². The number of likely N-dealkylation sites (tertiary alicyclic amines) is 1. The van der Waals surface area contributed by atoms with Crippen LogP contribution in [0.2, 0.25) is 0 Å². The van der Waals surface area contributed by atoms with Crippen molar-refractivity contribution in [1.29, 1.82) is 0 Å². The van der Waals surface area contributed by atoms with Gasteiger partial charge in [-0.1, -0.05) is 44.1 Å². The summed E-state index contributed by atoms with van der Waals surface area (Å²) >= 11 is 4.19. The number of aromatic amines is 1. The van der Waals surface area contributed by atoms with E-state index in [2.05, 4.69) is 110 Å². The van der Waals surface area contributed by atoms with Gasteiger partial charge in [0.25, 0.3) is 15.9 Å². The maximum atomic E-state index is 14.0. The molecule has 2 aromatic carbocycles. The lowest BCUT2D eigenvalue weighted by Crippen LogP contribution is -2.61. The van der Waals surface area contributed by atoms with Crippen molar-refractivity contribution in [2.24, 2.45) is 16.7 Å². The number of hydrogen-bond acceptors (Lipinski definition) is 10. The number of benzene rings is 2. The van der Waals surface area contributed by atoms with E-state index < -0.39 is 15.9 Å². The number of nitrogens with one attached hydrogen (secondary N) is 2. The number of ether oxygens (including phenoxy) is 2. The van der Waals surface area contributed by atoms with Crippen molar-refractivity contribution < 1.29 is 22.7 Å². The van der Waals surface area contributed by atoms with Gasteiger partial charge in [-0.3, -0.25) is 11.0 Å². The first kappa shape index (κ1) is 45.2. The van der Waals surface area contributed by atoms with E-state index in [0.717, 1.165) is 102 Å². The number of fused-ring (bicyclic) bond motifs is 1. The molecule has 2 aromatic heterocycles. The number of carbonyl (C=O) groups is 1. The molecule has 2 saturated heterocycles. The summed E-state index contributed by atoms with van der Waals surface area (Å²) in [6.07, 6.45) is 12.4. The highest BCUT2D eigenvalue weighted by Crippen LogP contribution is 2.51. The van der Waals surface area contributed by atoms with Crippen molar-refractivity contribution in [2.45, 2.75) is 77.0 Å². The summed E-state index contributed by atoms with van der Waals surface area (Å²) < 4.78 is 44.5. The Morgan fingerprint density at radius 2 is 1.81 bits per heavy atom. The zero-order valence-electron chi connectivity index (χ0n) is 36.3. The van der Waals surface area contributed by atoms with Crippen LogP contribution in [0.4, 0.5) is 11.4 Å². The van der Waals surface area contributed by atoms with E-state index in [4.69, 9.17) is 9.47 Å². The second-order valence-electron chi connectivity index (χ2n) is 18.8. The van der Waals surface area contributed by atoms with E-state index in [9.17, 15) is 13.2 Å². The number of allylic oxidation sites excluding steroid dienone is 2. The predicted octanol–water partition coefficient (Wildman–Crippen LogP) is 10.1. The maximum Gasteiger partial charge on any atom is 0.268 e. The molecule has 4 aromatic rings. The Kier molecular flexibility index (Phi) is 13.6. The Balaban J connectivity index is 0.970. The van der Waals surface area contributed by atoms with Crippen LogP contribution in [0, 0.1) is 16.7 Å². The van der Waals surface area contributed by atoms with Crippen LogP contribution in [-0.4, -0.2) is 93.6 Å². The van der Waals surface area contributed by atoms with Crippen molar-refractivity contribution in [1.82, 2.24) is 24.5 Å². The van der Waals surface area contributed by atoms with Gasteiger partial charge in [-0.2, -0.15) is 0 Å². The van der Waals surface area contributed by atoms with E-state index in [0.29, 0.717) is 46.2 Å². The number of pyridine rings is 1. The van der Waals surface area contributed by atoms with Gasteiger partial charge in [-0.15, -0.1) is 0 Å². The number of nitrogens with zero attached hydrogens (tertiary/aromatic N) is 5. The third-order valence-electron chi connectivity index (χ3n) is 13.3. The number of H-pyrrole nitrogens is 1. The zero-order valence-corrected chi connectivity index (χ0v) is 41.4. The van der Waals surface area contributed by atoms with Gasteiger partial charge in [0.1, 0.15) is 22.9 Å². The summed E-state index contributed by atoms with van der Waals surface area (Å²) in [6, 6.07) is 13.8. The molecule has 2 N–H and O–H groups in total. The molecule has 1 spiro atoms. The fourth-order valence-electron chi connectivity index (χ4n) is 9.94. The molecule has 8 rings (SSSR count). The Labute approximate surface area is 394 Å². The SMILES string of the molecule is C=C(CC)CCC1=C(CN2CCN(c3ccc(C(=O)NS(=O)(=O)c4ccc(OCC5CC6(C5)CN(C)C6)c(N(I)I)c4)c(Oc4cnc5[nH]ccc5c4)c3)CC2)CCC(C)(C)C1. The van der Waals surface area contributed by atoms with E-state index in [1.54, 1.807) is 43.1 Å². The van der Waals surface area contributed by atoms with E-state index in [-0.39, 0.29) is 16.2 Å². The first-order valence-electron chi connectivity index (χ1n) is 21.8. The van der Waals surface area contributed by atoms with Gasteiger partial charge in [0.2, 0.25) is 0 Å². The van der Waals surface area contributed by atoms with E-state index in [1.807, 2.05) is 24.3 Å². The minimum absolute atomic E-state index is 0.0445. The van der Waals surface area contributed by atoms with E-state index >= 15 is 0 Å². The number of carbonyl (C=O) groups excluding carboxylic acids is 1. The van der Waals surface area contributed by atoms with Gasteiger partial charge in [0.05, 0.1) is 74.7 Å². The van der Waals surface area contributed by atoms with Crippen molar-refractivity contribution in [3.05, 3.63) is 89.8 Å². The van der Waals surface area contributed by atoms with Crippen LogP contribution >= 0.6 is 45.7 Å². The highest BCUT2D eigenvalue weighted by atomic mass is 127. The summed E-state index contributed by atoms with van der Waals surface area (Å²) in [6.45, 7) is 18.6. The molecule has 1 amide bonds. The van der Waals surface area contributed by atoms with Crippen LogP contribution in [0.3, 0.4) is 0 Å². The highest BCUT2D eigenvalue weighted by Gasteiger charge is 2.51. The minimum Gasteiger partial charge on any atom is -0.491 e. The number of aromatic nitrogens is 2. The van der Waals surface area contributed by atoms with Gasteiger partial charge in [-0.05, 0) is 118 Å². The van der Waals surface area contributed by atoms with Crippen LogP contribution in [0.5, 0.6) is 17.2 Å². The zero-order chi connectivity index (χ0) is 43.8.